The van der Waals surface area contributed by atoms with Crippen molar-refractivity contribution in [3.05, 3.63) is 27.7 Å². The van der Waals surface area contributed by atoms with E-state index in [1.54, 1.807) is 30.0 Å². The Morgan fingerprint density at radius 3 is 3.00 bits per heavy atom. The van der Waals surface area contributed by atoms with Crippen molar-refractivity contribution >= 4 is 33.4 Å². The van der Waals surface area contributed by atoms with Crippen LogP contribution in [0.2, 0.25) is 5.02 Å². The second-order valence-electron chi connectivity index (χ2n) is 4.92. The van der Waals surface area contributed by atoms with Crippen molar-refractivity contribution in [2.75, 3.05) is 13.1 Å². The van der Waals surface area contributed by atoms with Crippen LogP contribution < -0.4 is 4.74 Å². The topological polar surface area (TPSA) is 49.8 Å². The molecule has 0 saturated carbocycles. The van der Waals surface area contributed by atoms with Gasteiger partial charge >= 0.3 is 0 Å². The maximum Gasteiger partial charge on any atom is 0.263 e. The Balaban J connectivity index is 2.00. The van der Waals surface area contributed by atoms with E-state index in [1.165, 1.54) is 0 Å². The summed E-state index contributed by atoms with van der Waals surface area (Å²) in [5.74, 6) is 0.471. The lowest BCUT2D eigenvalue weighted by atomic mass is 10.1. The van der Waals surface area contributed by atoms with E-state index in [0.717, 1.165) is 12.8 Å². The quantitative estimate of drug-likeness (QED) is 0.899. The zero-order valence-electron chi connectivity index (χ0n) is 11.2. The maximum absolute atomic E-state index is 12.3. The third-order valence-electron chi connectivity index (χ3n) is 3.25. The molecule has 1 saturated heterocycles. The molecular formula is C14H17BrClNO3. The molecule has 110 valence electrons. The molecule has 1 fully saturated rings. The van der Waals surface area contributed by atoms with Crippen molar-refractivity contribution in [2.24, 2.45) is 0 Å². The number of amides is 1. The van der Waals surface area contributed by atoms with Crippen molar-refractivity contribution in [1.82, 2.24) is 4.90 Å². The highest BCUT2D eigenvalue weighted by Gasteiger charge is 2.27. The molecule has 1 amide bonds. The van der Waals surface area contributed by atoms with Crippen LogP contribution in [0.1, 0.15) is 19.8 Å². The smallest absolute Gasteiger partial charge is 0.263 e. The summed E-state index contributed by atoms with van der Waals surface area (Å²) in [6.45, 7) is 2.77. The molecule has 1 aromatic rings. The normalized spacial score (nSPS) is 20.6. The van der Waals surface area contributed by atoms with Gasteiger partial charge in [-0.15, -0.1) is 0 Å². The minimum absolute atomic E-state index is 0.106. The van der Waals surface area contributed by atoms with Crippen LogP contribution in [0.4, 0.5) is 0 Å². The van der Waals surface area contributed by atoms with Crippen molar-refractivity contribution in [2.45, 2.75) is 32.0 Å². The zero-order chi connectivity index (χ0) is 14.7. The fraction of sp³-hybridized carbons (Fsp3) is 0.500. The number of ether oxygens (including phenoxy) is 1. The molecule has 1 aliphatic heterocycles. The largest absolute Gasteiger partial charge is 0.480 e. The molecule has 0 aromatic heterocycles. The molecule has 2 unspecified atom stereocenters. The van der Waals surface area contributed by atoms with Gasteiger partial charge < -0.3 is 14.7 Å². The number of β-amino-alcohol motifs (C(OH)–C–C–N with tert-alkyl or cyclic N) is 1. The first-order chi connectivity index (χ1) is 9.47. The molecule has 20 heavy (non-hydrogen) atoms. The van der Waals surface area contributed by atoms with Gasteiger partial charge in [-0.3, -0.25) is 4.79 Å². The van der Waals surface area contributed by atoms with Gasteiger partial charge in [0.05, 0.1) is 10.6 Å². The summed E-state index contributed by atoms with van der Waals surface area (Å²) in [5.41, 5.74) is 0. The lowest BCUT2D eigenvalue weighted by Crippen LogP contribution is -2.47. The second-order valence-corrected chi connectivity index (χ2v) is 6.21. The number of rotatable bonds is 3. The zero-order valence-corrected chi connectivity index (χ0v) is 13.5. The number of aliphatic hydroxyl groups excluding tert-OH is 1. The minimum atomic E-state index is -0.599. The number of likely N-dealkylation sites (tertiary alicyclic amines) is 1. The Morgan fingerprint density at radius 1 is 1.60 bits per heavy atom. The predicted molar refractivity (Wildman–Crippen MR) is 81.1 cm³/mol. The molecule has 1 N–H and O–H groups in total. The molecule has 1 heterocycles. The fourth-order valence-corrected chi connectivity index (χ4v) is 3.00. The average molecular weight is 363 g/mol. The molecule has 2 rings (SSSR count). The van der Waals surface area contributed by atoms with Crippen LogP contribution in [0.25, 0.3) is 0 Å². The van der Waals surface area contributed by atoms with Crippen LogP contribution in [0, 0.1) is 0 Å². The van der Waals surface area contributed by atoms with E-state index in [1.807, 2.05) is 0 Å². The van der Waals surface area contributed by atoms with E-state index in [-0.39, 0.29) is 5.91 Å². The van der Waals surface area contributed by atoms with Crippen molar-refractivity contribution < 1.29 is 14.6 Å². The molecule has 6 heteroatoms. The van der Waals surface area contributed by atoms with Crippen molar-refractivity contribution in [3.8, 4) is 5.75 Å². The number of benzene rings is 1. The van der Waals surface area contributed by atoms with Crippen LogP contribution in [-0.2, 0) is 4.79 Å². The summed E-state index contributed by atoms with van der Waals surface area (Å²) in [4.78, 5) is 13.9. The van der Waals surface area contributed by atoms with Gasteiger partial charge in [0.2, 0.25) is 0 Å². The van der Waals surface area contributed by atoms with Crippen LogP contribution in [0.3, 0.4) is 0 Å². The molecule has 0 spiro atoms. The average Bonchev–Trinajstić information content (AvgIpc) is 2.41. The number of hydrogen-bond acceptors (Lipinski definition) is 3. The molecule has 2 atom stereocenters. The van der Waals surface area contributed by atoms with Crippen LogP contribution in [0.5, 0.6) is 5.75 Å². The van der Waals surface area contributed by atoms with Gasteiger partial charge in [0.1, 0.15) is 5.75 Å². The number of hydrogen-bond donors (Lipinski definition) is 1. The SMILES string of the molecule is CC(Oc1ccc(Cl)cc1Br)C(=O)N1CCCC(O)C1. The molecule has 0 bridgehead atoms. The summed E-state index contributed by atoms with van der Waals surface area (Å²) < 4.78 is 6.38. The third-order valence-corrected chi connectivity index (χ3v) is 4.11. The first kappa shape index (κ1) is 15.6. The Bertz CT molecular complexity index is 497. The van der Waals surface area contributed by atoms with E-state index in [4.69, 9.17) is 16.3 Å². The standard InChI is InChI=1S/C14H17BrClNO3/c1-9(14(19)17-6-2-3-11(18)8-17)20-13-5-4-10(16)7-12(13)15/h4-5,7,9,11,18H,2-3,6,8H2,1H3. The van der Waals surface area contributed by atoms with Gasteiger partial charge in [-0.05, 0) is 53.9 Å². The van der Waals surface area contributed by atoms with E-state index in [9.17, 15) is 9.90 Å². The second kappa shape index (κ2) is 6.78. The van der Waals surface area contributed by atoms with Gasteiger partial charge in [-0.2, -0.15) is 0 Å². The predicted octanol–water partition coefficient (Wildman–Crippen LogP) is 2.85. The van der Waals surface area contributed by atoms with Gasteiger partial charge in [0.15, 0.2) is 6.10 Å². The van der Waals surface area contributed by atoms with Gasteiger partial charge in [0, 0.05) is 18.1 Å². The molecule has 0 radical (unpaired) electrons. The Morgan fingerprint density at radius 2 is 2.35 bits per heavy atom. The lowest BCUT2D eigenvalue weighted by molar-refractivity contribution is -0.141. The fourth-order valence-electron chi connectivity index (χ4n) is 2.22. The number of piperidine rings is 1. The molecule has 4 nitrogen and oxygen atoms in total. The van der Waals surface area contributed by atoms with E-state index in [0.29, 0.717) is 28.3 Å². The summed E-state index contributed by atoms with van der Waals surface area (Å²) in [6.07, 6.45) is 0.548. The summed E-state index contributed by atoms with van der Waals surface area (Å²) >= 11 is 9.22. The van der Waals surface area contributed by atoms with E-state index < -0.39 is 12.2 Å². The molecule has 1 aromatic carbocycles. The molecular weight excluding hydrogens is 346 g/mol. The number of nitrogens with zero attached hydrogens (tertiary/aromatic N) is 1. The Kier molecular flexibility index (Phi) is 5.29. The van der Waals surface area contributed by atoms with E-state index in [2.05, 4.69) is 15.9 Å². The highest BCUT2D eigenvalue weighted by Crippen LogP contribution is 2.29. The van der Waals surface area contributed by atoms with Crippen molar-refractivity contribution in [3.63, 3.8) is 0 Å². The van der Waals surface area contributed by atoms with Crippen LogP contribution in [0.15, 0.2) is 22.7 Å². The van der Waals surface area contributed by atoms with Gasteiger partial charge in [0.25, 0.3) is 5.91 Å². The highest BCUT2D eigenvalue weighted by molar-refractivity contribution is 9.10. The monoisotopic (exact) mass is 361 g/mol. The van der Waals surface area contributed by atoms with Crippen LogP contribution in [-0.4, -0.2) is 41.2 Å². The maximum atomic E-state index is 12.3. The summed E-state index contributed by atoms with van der Waals surface area (Å²) in [7, 11) is 0. The number of aliphatic hydroxyl groups is 1. The summed E-state index contributed by atoms with van der Waals surface area (Å²) in [5, 5.41) is 10.2. The molecule has 0 aliphatic carbocycles. The lowest BCUT2D eigenvalue weighted by Gasteiger charge is -2.32. The number of carbonyl (C=O) groups is 1. The van der Waals surface area contributed by atoms with Crippen LogP contribution >= 0.6 is 27.5 Å². The van der Waals surface area contributed by atoms with Gasteiger partial charge in [-0.1, -0.05) is 11.6 Å². The number of halogens is 2. The Labute approximate surface area is 131 Å². The van der Waals surface area contributed by atoms with Crippen molar-refractivity contribution in [1.29, 1.82) is 0 Å². The highest BCUT2D eigenvalue weighted by atomic mass is 79.9. The van der Waals surface area contributed by atoms with Gasteiger partial charge in [-0.25, -0.2) is 0 Å². The Hall–Kier alpha value is -0.780. The first-order valence-electron chi connectivity index (χ1n) is 6.56. The minimum Gasteiger partial charge on any atom is -0.480 e. The number of carbonyl (C=O) groups excluding carboxylic acids is 1. The van der Waals surface area contributed by atoms with E-state index >= 15 is 0 Å². The molecule has 1 aliphatic rings. The summed E-state index contributed by atoms with van der Waals surface area (Å²) in [6, 6.07) is 5.16. The third kappa shape index (κ3) is 3.87. The first-order valence-corrected chi connectivity index (χ1v) is 7.73.